The molecule has 3 heteroatoms. The van der Waals surface area contributed by atoms with Gasteiger partial charge in [0.1, 0.15) is 0 Å². The van der Waals surface area contributed by atoms with Gasteiger partial charge in [0.25, 0.3) is 0 Å². The molecule has 0 bridgehead atoms. The molecule has 0 amide bonds. The van der Waals surface area contributed by atoms with Crippen LogP contribution in [-0.4, -0.2) is 23.3 Å². The summed E-state index contributed by atoms with van der Waals surface area (Å²) in [4.78, 5) is 11.5. The first kappa shape index (κ1) is 16.2. The van der Waals surface area contributed by atoms with Crippen LogP contribution < -0.4 is 0 Å². The zero-order valence-corrected chi connectivity index (χ0v) is 11.7. The quantitative estimate of drug-likeness (QED) is 0.551. The summed E-state index contributed by atoms with van der Waals surface area (Å²) in [6.07, 6.45) is 4.84. The third-order valence-electron chi connectivity index (χ3n) is 2.98. The molecule has 0 saturated carbocycles. The minimum absolute atomic E-state index is 0.0387. The second-order valence-electron chi connectivity index (χ2n) is 5.08. The van der Waals surface area contributed by atoms with Gasteiger partial charge in [-0.15, -0.1) is 0 Å². The van der Waals surface area contributed by atoms with E-state index in [1.807, 2.05) is 46.8 Å². The van der Waals surface area contributed by atoms with E-state index in [1.54, 1.807) is 0 Å². The highest BCUT2D eigenvalue weighted by Crippen LogP contribution is 2.25. The number of aliphatic hydroxyl groups excluding tert-OH is 1. The Morgan fingerprint density at radius 2 is 2.06 bits per heavy atom. The lowest BCUT2D eigenvalue weighted by atomic mass is 9.84. The Balaban J connectivity index is 4.07. The summed E-state index contributed by atoms with van der Waals surface area (Å²) >= 11 is 0. The Kier molecular flexibility index (Phi) is 7.12. The number of hydrogen-bond acceptors (Lipinski definition) is 3. The van der Waals surface area contributed by atoms with Crippen molar-refractivity contribution in [3.8, 4) is 0 Å². The number of ether oxygens (including phenoxy) is 1. The van der Waals surface area contributed by atoms with Gasteiger partial charge in [0.2, 0.25) is 0 Å². The van der Waals surface area contributed by atoms with Gasteiger partial charge >= 0.3 is 5.97 Å². The molecule has 2 atom stereocenters. The van der Waals surface area contributed by atoms with Crippen molar-refractivity contribution in [3.05, 3.63) is 12.2 Å². The second-order valence-corrected chi connectivity index (χ2v) is 5.08. The highest BCUT2D eigenvalue weighted by atomic mass is 16.5. The Morgan fingerprint density at radius 1 is 1.47 bits per heavy atom. The highest BCUT2D eigenvalue weighted by Gasteiger charge is 2.25. The molecule has 2 unspecified atom stereocenters. The lowest BCUT2D eigenvalue weighted by Crippen LogP contribution is -2.28. The molecule has 0 aliphatic heterocycles. The summed E-state index contributed by atoms with van der Waals surface area (Å²) in [6.45, 7) is 9.68. The van der Waals surface area contributed by atoms with Crippen LogP contribution in [0.15, 0.2) is 12.2 Å². The Bertz CT molecular complexity index is 256. The first-order chi connectivity index (χ1) is 7.83. The minimum atomic E-state index is -0.525. The standard InChI is InChI=1S/C14H26O3/c1-6-10-14(4,5)12(15)8-9-13(16)17-11(3)7-2/h6,10-12,15H,7-9H2,1-5H3. The fraction of sp³-hybridized carbons (Fsp3) is 0.786. The Labute approximate surface area is 105 Å². The van der Waals surface area contributed by atoms with Crippen LogP contribution in [0.4, 0.5) is 0 Å². The van der Waals surface area contributed by atoms with Crippen LogP contribution in [0, 0.1) is 5.41 Å². The zero-order valence-electron chi connectivity index (χ0n) is 11.7. The SMILES string of the molecule is CC=CC(C)(C)C(O)CCC(=O)OC(C)CC. The van der Waals surface area contributed by atoms with E-state index in [0.29, 0.717) is 6.42 Å². The predicted octanol–water partition coefficient (Wildman–Crippen LogP) is 3.07. The lowest BCUT2D eigenvalue weighted by molar-refractivity contribution is -0.149. The van der Waals surface area contributed by atoms with E-state index in [1.165, 1.54) is 0 Å². The van der Waals surface area contributed by atoms with Crippen LogP contribution in [0.2, 0.25) is 0 Å². The van der Waals surface area contributed by atoms with Gasteiger partial charge < -0.3 is 9.84 Å². The molecule has 0 aromatic rings. The lowest BCUT2D eigenvalue weighted by Gasteiger charge is -2.27. The van der Waals surface area contributed by atoms with Crippen molar-refractivity contribution in [2.45, 2.75) is 66.1 Å². The normalized spacial score (nSPS) is 15.9. The molecule has 0 rings (SSSR count). The van der Waals surface area contributed by atoms with Gasteiger partial charge in [-0.25, -0.2) is 0 Å². The fourth-order valence-electron chi connectivity index (χ4n) is 1.53. The number of rotatable bonds is 7. The first-order valence-corrected chi connectivity index (χ1v) is 6.34. The topological polar surface area (TPSA) is 46.5 Å². The number of esters is 1. The van der Waals surface area contributed by atoms with Crippen LogP contribution >= 0.6 is 0 Å². The number of allylic oxidation sites excluding steroid dienone is 1. The van der Waals surface area contributed by atoms with E-state index in [4.69, 9.17) is 4.74 Å². The van der Waals surface area contributed by atoms with E-state index < -0.39 is 6.10 Å². The molecule has 0 aliphatic carbocycles. The summed E-state index contributed by atoms with van der Waals surface area (Å²) in [7, 11) is 0. The van der Waals surface area contributed by atoms with Crippen LogP contribution in [-0.2, 0) is 9.53 Å². The molecule has 0 spiro atoms. The summed E-state index contributed by atoms with van der Waals surface area (Å²) in [6, 6.07) is 0. The van der Waals surface area contributed by atoms with Gasteiger partial charge in [-0.3, -0.25) is 4.79 Å². The maximum absolute atomic E-state index is 11.5. The molecule has 17 heavy (non-hydrogen) atoms. The third-order valence-corrected chi connectivity index (χ3v) is 2.98. The minimum Gasteiger partial charge on any atom is -0.463 e. The molecule has 0 radical (unpaired) electrons. The van der Waals surface area contributed by atoms with Crippen molar-refractivity contribution in [2.24, 2.45) is 5.41 Å². The van der Waals surface area contributed by atoms with Crippen LogP contribution in [0.5, 0.6) is 0 Å². The molecule has 3 nitrogen and oxygen atoms in total. The number of carbonyl (C=O) groups is 1. The fourth-order valence-corrected chi connectivity index (χ4v) is 1.53. The predicted molar refractivity (Wildman–Crippen MR) is 69.7 cm³/mol. The Morgan fingerprint density at radius 3 is 2.53 bits per heavy atom. The summed E-state index contributed by atoms with van der Waals surface area (Å²) < 4.78 is 5.15. The van der Waals surface area contributed by atoms with Crippen LogP contribution in [0.1, 0.15) is 53.9 Å². The van der Waals surface area contributed by atoms with E-state index in [-0.39, 0.29) is 23.9 Å². The molecular formula is C14H26O3. The summed E-state index contributed by atoms with van der Waals surface area (Å²) in [5.74, 6) is -0.227. The first-order valence-electron chi connectivity index (χ1n) is 6.34. The van der Waals surface area contributed by atoms with Crippen molar-refractivity contribution in [3.63, 3.8) is 0 Å². The number of aliphatic hydroxyl groups is 1. The van der Waals surface area contributed by atoms with Crippen molar-refractivity contribution in [1.82, 2.24) is 0 Å². The third kappa shape index (κ3) is 6.47. The molecule has 1 N–H and O–H groups in total. The maximum atomic E-state index is 11.5. The molecular weight excluding hydrogens is 216 g/mol. The maximum Gasteiger partial charge on any atom is 0.306 e. The molecule has 0 saturated heterocycles. The molecule has 0 aliphatic rings. The van der Waals surface area contributed by atoms with Crippen molar-refractivity contribution >= 4 is 5.97 Å². The van der Waals surface area contributed by atoms with Gasteiger partial charge in [0, 0.05) is 11.8 Å². The van der Waals surface area contributed by atoms with Crippen molar-refractivity contribution in [1.29, 1.82) is 0 Å². The molecule has 0 heterocycles. The zero-order chi connectivity index (χ0) is 13.5. The average molecular weight is 242 g/mol. The van der Waals surface area contributed by atoms with E-state index in [9.17, 15) is 9.90 Å². The molecule has 100 valence electrons. The van der Waals surface area contributed by atoms with Gasteiger partial charge in [0.15, 0.2) is 0 Å². The number of carbonyl (C=O) groups excluding carboxylic acids is 1. The van der Waals surface area contributed by atoms with Gasteiger partial charge in [-0.05, 0) is 26.7 Å². The highest BCUT2D eigenvalue weighted by molar-refractivity contribution is 5.69. The molecule has 0 aromatic heterocycles. The van der Waals surface area contributed by atoms with Gasteiger partial charge in [-0.2, -0.15) is 0 Å². The largest absolute Gasteiger partial charge is 0.463 e. The summed E-state index contributed by atoms with van der Waals surface area (Å²) in [5, 5.41) is 9.99. The van der Waals surface area contributed by atoms with Crippen LogP contribution in [0.3, 0.4) is 0 Å². The average Bonchev–Trinajstić information content (AvgIpc) is 2.25. The number of hydrogen-bond donors (Lipinski definition) is 1. The second kappa shape index (κ2) is 7.49. The van der Waals surface area contributed by atoms with Gasteiger partial charge in [0.05, 0.1) is 12.2 Å². The van der Waals surface area contributed by atoms with Crippen molar-refractivity contribution < 1.29 is 14.6 Å². The molecule has 0 fully saturated rings. The van der Waals surface area contributed by atoms with E-state index in [0.717, 1.165) is 6.42 Å². The molecule has 0 aromatic carbocycles. The van der Waals surface area contributed by atoms with Crippen LogP contribution in [0.25, 0.3) is 0 Å². The van der Waals surface area contributed by atoms with E-state index >= 15 is 0 Å². The van der Waals surface area contributed by atoms with Crippen molar-refractivity contribution in [2.75, 3.05) is 0 Å². The van der Waals surface area contributed by atoms with Gasteiger partial charge in [-0.1, -0.05) is 32.9 Å². The Hall–Kier alpha value is -0.830. The summed E-state index contributed by atoms with van der Waals surface area (Å²) in [5.41, 5.74) is -0.300. The van der Waals surface area contributed by atoms with E-state index in [2.05, 4.69) is 0 Å². The monoisotopic (exact) mass is 242 g/mol. The smallest absolute Gasteiger partial charge is 0.306 e.